The van der Waals surface area contributed by atoms with Crippen LogP contribution in [0.5, 0.6) is 0 Å². The number of H-pyrrole nitrogens is 1. The van der Waals surface area contributed by atoms with Crippen molar-refractivity contribution in [2.24, 2.45) is 11.8 Å². The largest absolute Gasteiger partial charge is 0.341 e. The van der Waals surface area contributed by atoms with E-state index >= 15 is 0 Å². The van der Waals surface area contributed by atoms with Crippen LogP contribution in [0.3, 0.4) is 0 Å². The van der Waals surface area contributed by atoms with Crippen molar-refractivity contribution in [3.63, 3.8) is 0 Å². The number of amides is 4. The van der Waals surface area contributed by atoms with Crippen LogP contribution in [-0.4, -0.2) is 81.2 Å². The molecular weight excluding hydrogens is 422 g/mol. The Hall–Kier alpha value is -3.23. The summed E-state index contributed by atoms with van der Waals surface area (Å²) in [4.78, 5) is 54.5. The van der Waals surface area contributed by atoms with Gasteiger partial charge in [0.2, 0.25) is 17.7 Å². The maximum Gasteiger partial charge on any atom is 0.254 e. The van der Waals surface area contributed by atoms with Crippen molar-refractivity contribution in [3.8, 4) is 0 Å². The van der Waals surface area contributed by atoms with Crippen LogP contribution in [0.1, 0.15) is 48.9 Å². The minimum atomic E-state index is -0.245. The molecule has 3 fully saturated rings. The molecule has 3 aliphatic rings. The summed E-state index contributed by atoms with van der Waals surface area (Å²) in [5, 5.41) is 7.82. The van der Waals surface area contributed by atoms with E-state index in [-0.39, 0.29) is 43.0 Å². The number of carbonyl (C=O) groups excluding carboxylic acids is 4. The Balaban J connectivity index is 1.17. The molecule has 2 aromatic rings. The van der Waals surface area contributed by atoms with Crippen LogP contribution in [0.2, 0.25) is 0 Å². The molecule has 33 heavy (non-hydrogen) atoms. The molecule has 3 saturated heterocycles. The Labute approximate surface area is 192 Å². The van der Waals surface area contributed by atoms with Gasteiger partial charge in [-0.1, -0.05) is 6.07 Å². The highest BCUT2D eigenvalue weighted by Crippen LogP contribution is 2.32. The third kappa shape index (κ3) is 4.24. The summed E-state index contributed by atoms with van der Waals surface area (Å²) in [6.45, 7) is 2.63. The zero-order valence-corrected chi connectivity index (χ0v) is 18.7. The van der Waals surface area contributed by atoms with Crippen molar-refractivity contribution >= 4 is 34.5 Å². The molecule has 0 saturated carbocycles. The number of carbonyl (C=O) groups is 4. The van der Waals surface area contributed by atoms with E-state index in [0.29, 0.717) is 43.6 Å². The van der Waals surface area contributed by atoms with Gasteiger partial charge >= 0.3 is 0 Å². The summed E-state index contributed by atoms with van der Waals surface area (Å²) in [6, 6.07) is 5.64. The number of benzene rings is 1. The minimum Gasteiger partial charge on any atom is -0.341 e. The lowest BCUT2D eigenvalue weighted by Gasteiger charge is -2.41. The highest BCUT2D eigenvalue weighted by molar-refractivity contribution is 6.06. The lowest BCUT2D eigenvalue weighted by molar-refractivity contribution is -0.146. The molecule has 4 amide bonds. The average molecular weight is 452 g/mol. The molecule has 1 unspecified atom stereocenters. The molecule has 9 nitrogen and oxygen atoms in total. The Kier molecular flexibility index (Phi) is 5.86. The second-order valence-electron chi connectivity index (χ2n) is 9.38. The molecule has 1 aromatic heterocycles. The fraction of sp³-hybridized carbons (Fsp3) is 0.542. The third-order valence-electron chi connectivity index (χ3n) is 7.47. The van der Waals surface area contributed by atoms with E-state index in [9.17, 15) is 19.2 Å². The van der Waals surface area contributed by atoms with Gasteiger partial charge in [-0.15, -0.1) is 0 Å². The number of nitrogens with one attached hydrogen (secondary N) is 1. The topological polar surface area (TPSA) is 107 Å². The fourth-order valence-electron chi connectivity index (χ4n) is 5.55. The molecule has 0 spiro atoms. The molecule has 0 radical (unpaired) electrons. The molecule has 5 rings (SSSR count). The van der Waals surface area contributed by atoms with Crippen LogP contribution in [0.25, 0.3) is 10.9 Å². The van der Waals surface area contributed by atoms with Gasteiger partial charge < -0.3 is 9.80 Å². The predicted molar refractivity (Wildman–Crippen MR) is 120 cm³/mol. The number of aromatic amines is 1. The van der Waals surface area contributed by atoms with Crippen molar-refractivity contribution < 1.29 is 19.2 Å². The van der Waals surface area contributed by atoms with Crippen molar-refractivity contribution in [1.82, 2.24) is 24.9 Å². The number of fused-ring (bicyclic) bond motifs is 1. The summed E-state index contributed by atoms with van der Waals surface area (Å²) in [7, 11) is 0. The standard InChI is InChI=1S/C24H29N5O4/c30-21-6-7-22(31)29(21)15-23(32)28-10-2-3-17(14-28)16-8-11-27(12-9-16)24(33)18-4-1-5-20-19(18)13-25-26-20/h1,4-5,13,16-17H,2-3,6-12,14-15H2,(H,25,26). The first kappa shape index (κ1) is 21.6. The van der Waals surface area contributed by atoms with E-state index in [0.717, 1.165) is 41.5 Å². The van der Waals surface area contributed by atoms with Gasteiger partial charge in [0, 0.05) is 44.4 Å². The van der Waals surface area contributed by atoms with Gasteiger partial charge in [-0.25, -0.2) is 0 Å². The maximum atomic E-state index is 13.1. The monoisotopic (exact) mass is 451 g/mol. The first-order valence-electron chi connectivity index (χ1n) is 11.8. The molecule has 3 aliphatic heterocycles. The molecule has 0 bridgehead atoms. The van der Waals surface area contributed by atoms with Gasteiger partial charge in [0.1, 0.15) is 6.54 Å². The molecule has 4 heterocycles. The molecule has 174 valence electrons. The summed E-state index contributed by atoms with van der Waals surface area (Å²) < 4.78 is 0. The van der Waals surface area contributed by atoms with E-state index in [1.165, 1.54) is 0 Å². The number of piperidine rings is 2. The van der Waals surface area contributed by atoms with E-state index in [1.807, 2.05) is 28.0 Å². The molecule has 1 aromatic carbocycles. The van der Waals surface area contributed by atoms with E-state index in [2.05, 4.69) is 10.2 Å². The predicted octanol–water partition coefficient (Wildman–Crippen LogP) is 1.80. The zero-order valence-electron chi connectivity index (χ0n) is 18.7. The van der Waals surface area contributed by atoms with E-state index in [4.69, 9.17) is 0 Å². The van der Waals surface area contributed by atoms with Gasteiger partial charge in [0.15, 0.2) is 0 Å². The summed E-state index contributed by atoms with van der Waals surface area (Å²) in [5.41, 5.74) is 1.54. The second kappa shape index (κ2) is 8.96. The number of nitrogens with zero attached hydrogens (tertiary/aromatic N) is 4. The fourth-order valence-corrected chi connectivity index (χ4v) is 5.55. The van der Waals surface area contributed by atoms with Gasteiger partial charge in [0.05, 0.1) is 17.3 Å². The molecule has 1 atom stereocenters. The van der Waals surface area contributed by atoms with E-state index in [1.54, 1.807) is 6.20 Å². The van der Waals surface area contributed by atoms with E-state index < -0.39 is 0 Å². The Morgan fingerprint density at radius 3 is 2.48 bits per heavy atom. The van der Waals surface area contributed by atoms with Gasteiger partial charge in [-0.05, 0) is 49.7 Å². The first-order valence-corrected chi connectivity index (χ1v) is 11.8. The van der Waals surface area contributed by atoms with Crippen molar-refractivity contribution in [3.05, 3.63) is 30.0 Å². The van der Waals surface area contributed by atoms with Gasteiger partial charge in [-0.2, -0.15) is 5.10 Å². The van der Waals surface area contributed by atoms with Crippen molar-refractivity contribution in [1.29, 1.82) is 0 Å². The number of likely N-dealkylation sites (tertiary alicyclic amines) is 3. The SMILES string of the molecule is O=C(CN1C(=O)CCC1=O)N1CCCC(C2CCN(C(=O)c3cccc4[nH]ncc34)CC2)C1. The number of imide groups is 1. The lowest BCUT2D eigenvalue weighted by atomic mass is 9.79. The van der Waals surface area contributed by atoms with Crippen LogP contribution in [0.15, 0.2) is 24.4 Å². The smallest absolute Gasteiger partial charge is 0.254 e. The Morgan fingerprint density at radius 1 is 0.970 bits per heavy atom. The zero-order chi connectivity index (χ0) is 22.9. The second-order valence-corrected chi connectivity index (χ2v) is 9.38. The first-order chi connectivity index (χ1) is 16.0. The van der Waals surface area contributed by atoms with Crippen LogP contribution in [-0.2, 0) is 14.4 Å². The van der Waals surface area contributed by atoms with Crippen molar-refractivity contribution in [2.45, 2.75) is 38.5 Å². The number of hydrogen-bond acceptors (Lipinski definition) is 5. The molecule has 0 aliphatic carbocycles. The Morgan fingerprint density at radius 2 is 1.73 bits per heavy atom. The molecule has 1 N–H and O–H groups in total. The summed E-state index contributed by atoms with van der Waals surface area (Å²) in [5.74, 6) is 0.270. The normalized spacial score (nSPS) is 22.4. The maximum absolute atomic E-state index is 13.1. The molecular formula is C24H29N5O4. The highest BCUT2D eigenvalue weighted by atomic mass is 16.2. The number of aromatic nitrogens is 2. The summed E-state index contributed by atoms with van der Waals surface area (Å²) >= 11 is 0. The Bertz CT molecular complexity index is 1070. The van der Waals surface area contributed by atoms with Crippen LogP contribution in [0.4, 0.5) is 0 Å². The minimum absolute atomic E-state index is 0.0424. The summed E-state index contributed by atoms with van der Waals surface area (Å²) in [6.07, 6.45) is 5.96. The van der Waals surface area contributed by atoms with Crippen LogP contribution in [0, 0.1) is 11.8 Å². The lowest BCUT2D eigenvalue weighted by Crippen LogP contribution is -2.48. The van der Waals surface area contributed by atoms with Crippen molar-refractivity contribution in [2.75, 3.05) is 32.7 Å². The molecule has 9 heteroatoms. The highest BCUT2D eigenvalue weighted by Gasteiger charge is 2.36. The van der Waals surface area contributed by atoms with Gasteiger partial charge in [-0.3, -0.25) is 29.2 Å². The van der Waals surface area contributed by atoms with Gasteiger partial charge in [0.25, 0.3) is 5.91 Å². The quantitative estimate of drug-likeness (QED) is 0.714. The average Bonchev–Trinajstić information content (AvgIpc) is 3.46. The number of rotatable bonds is 4. The number of hydrogen-bond donors (Lipinski definition) is 1. The third-order valence-corrected chi connectivity index (χ3v) is 7.47. The van der Waals surface area contributed by atoms with Crippen LogP contribution < -0.4 is 0 Å². The van der Waals surface area contributed by atoms with Crippen LogP contribution >= 0.6 is 0 Å².